The Bertz CT molecular complexity index is 496. The molecule has 3 rings (SSSR count). The lowest BCUT2D eigenvalue weighted by Gasteiger charge is -2.41. The Hall–Kier alpha value is 0.0200. The number of aliphatic hydroxyl groups is 1. The van der Waals surface area contributed by atoms with Crippen LogP contribution in [0.2, 0.25) is 0 Å². The molecule has 2 atom stereocenters. The second-order valence-corrected chi connectivity index (χ2v) is 9.18. The van der Waals surface area contributed by atoms with Crippen LogP contribution in [0.4, 0.5) is 0 Å². The predicted octanol–water partition coefficient (Wildman–Crippen LogP) is 3.55. The Morgan fingerprint density at radius 2 is 1.90 bits per heavy atom. The SMILES string of the molecule is O=C(c1ccc(I)s1)C1CCN([C@@H]2CCCC[C@H]2O)CC1. The highest BCUT2D eigenvalue weighted by Gasteiger charge is 2.33. The fourth-order valence-electron chi connectivity index (χ4n) is 3.66. The van der Waals surface area contributed by atoms with Crippen LogP contribution >= 0.6 is 33.9 Å². The molecule has 1 aliphatic carbocycles. The first-order valence-electron chi connectivity index (χ1n) is 7.87. The van der Waals surface area contributed by atoms with E-state index in [1.807, 2.05) is 12.1 Å². The highest BCUT2D eigenvalue weighted by molar-refractivity contribution is 14.1. The maximum atomic E-state index is 12.5. The molecule has 1 aliphatic heterocycles. The fraction of sp³-hybridized carbons (Fsp3) is 0.688. The number of likely N-dealkylation sites (tertiary alicyclic amines) is 1. The minimum absolute atomic E-state index is 0.162. The molecule has 1 aromatic heterocycles. The van der Waals surface area contributed by atoms with Gasteiger partial charge in [0.05, 0.1) is 13.9 Å². The van der Waals surface area contributed by atoms with Crippen molar-refractivity contribution in [3.05, 3.63) is 19.9 Å². The number of aliphatic hydroxyl groups excluding tert-OH is 1. The summed E-state index contributed by atoms with van der Waals surface area (Å²) in [7, 11) is 0. The molecule has 2 fully saturated rings. The van der Waals surface area contributed by atoms with Gasteiger partial charge in [0.15, 0.2) is 5.78 Å². The van der Waals surface area contributed by atoms with E-state index >= 15 is 0 Å². The van der Waals surface area contributed by atoms with Crippen molar-refractivity contribution < 1.29 is 9.90 Å². The van der Waals surface area contributed by atoms with E-state index in [0.717, 1.165) is 50.1 Å². The molecule has 0 aromatic carbocycles. The maximum Gasteiger partial charge on any atom is 0.175 e. The summed E-state index contributed by atoms with van der Waals surface area (Å²) in [5.41, 5.74) is 0. The van der Waals surface area contributed by atoms with Crippen LogP contribution in [0.3, 0.4) is 0 Å². The lowest BCUT2D eigenvalue weighted by molar-refractivity contribution is 0.00503. The number of hydrogen-bond acceptors (Lipinski definition) is 4. The van der Waals surface area contributed by atoms with Crippen LogP contribution in [0.25, 0.3) is 0 Å². The number of nitrogens with zero attached hydrogens (tertiary/aromatic N) is 1. The van der Waals surface area contributed by atoms with Crippen molar-refractivity contribution in [1.82, 2.24) is 4.90 Å². The minimum Gasteiger partial charge on any atom is -0.391 e. The molecule has 1 saturated heterocycles. The second-order valence-electron chi connectivity index (χ2n) is 6.20. The molecule has 1 N–H and O–H groups in total. The Kier molecular flexibility index (Phi) is 5.35. The van der Waals surface area contributed by atoms with E-state index in [-0.39, 0.29) is 12.0 Å². The highest BCUT2D eigenvalue weighted by Crippen LogP contribution is 2.30. The van der Waals surface area contributed by atoms with Gasteiger partial charge in [-0.25, -0.2) is 0 Å². The van der Waals surface area contributed by atoms with Crippen molar-refractivity contribution in [2.24, 2.45) is 5.92 Å². The largest absolute Gasteiger partial charge is 0.391 e. The normalized spacial score (nSPS) is 28.7. The van der Waals surface area contributed by atoms with Crippen LogP contribution in [0.5, 0.6) is 0 Å². The highest BCUT2D eigenvalue weighted by atomic mass is 127. The molecule has 0 radical (unpaired) electrons. The summed E-state index contributed by atoms with van der Waals surface area (Å²) < 4.78 is 1.18. The first-order chi connectivity index (χ1) is 10.1. The Balaban J connectivity index is 1.56. The van der Waals surface area contributed by atoms with E-state index in [0.29, 0.717) is 11.8 Å². The number of ketones is 1. The Morgan fingerprint density at radius 3 is 2.52 bits per heavy atom. The molecule has 1 saturated carbocycles. The molecule has 3 nitrogen and oxygen atoms in total. The average Bonchev–Trinajstić information content (AvgIpc) is 2.94. The molecular formula is C16H22INO2S. The van der Waals surface area contributed by atoms with Gasteiger partial charge in [0, 0.05) is 12.0 Å². The number of carbonyl (C=O) groups excluding carboxylic acids is 1. The van der Waals surface area contributed by atoms with Crippen LogP contribution in [-0.2, 0) is 0 Å². The van der Waals surface area contributed by atoms with Gasteiger partial charge in [-0.05, 0) is 73.5 Å². The molecule has 0 bridgehead atoms. The molecule has 5 heteroatoms. The lowest BCUT2D eigenvalue weighted by Crippen LogP contribution is -2.49. The van der Waals surface area contributed by atoms with Gasteiger partial charge in [0.1, 0.15) is 0 Å². The Morgan fingerprint density at radius 1 is 1.19 bits per heavy atom. The van der Waals surface area contributed by atoms with E-state index in [2.05, 4.69) is 27.5 Å². The molecule has 0 amide bonds. The number of rotatable bonds is 3. The Labute approximate surface area is 143 Å². The molecule has 1 aromatic rings. The number of carbonyl (C=O) groups is 1. The summed E-state index contributed by atoms with van der Waals surface area (Å²) in [4.78, 5) is 15.8. The number of Topliss-reactive ketones (excluding diaryl/α,β-unsaturated/α-hetero) is 1. The smallest absolute Gasteiger partial charge is 0.175 e. The maximum absolute atomic E-state index is 12.5. The predicted molar refractivity (Wildman–Crippen MR) is 93.9 cm³/mol. The van der Waals surface area contributed by atoms with Gasteiger partial charge in [-0.2, -0.15) is 0 Å². The number of halogens is 1. The summed E-state index contributed by atoms with van der Waals surface area (Å²) in [6, 6.07) is 4.32. The quantitative estimate of drug-likeness (QED) is 0.602. The van der Waals surface area contributed by atoms with E-state index < -0.39 is 0 Å². The first kappa shape index (κ1) is 15.9. The minimum atomic E-state index is -0.162. The summed E-state index contributed by atoms with van der Waals surface area (Å²) in [6.07, 6.45) is 6.16. The third-order valence-corrected chi connectivity index (χ3v) is 6.79. The van der Waals surface area contributed by atoms with E-state index in [9.17, 15) is 9.90 Å². The third kappa shape index (κ3) is 3.68. The summed E-state index contributed by atoms with van der Waals surface area (Å²) in [5, 5.41) is 10.2. The van der Waals surface area contributed by atoms with Crippen molar-refractivity contribution in [1.29, 1.82) is 0 Å². The average molecular weight is 419 g/mol. The van der Waals surface area contributed by atoms with E-state index in [1.165, 1.54) is 9.30 Å². The molecule has 116 valence electrons. The monoisotopic (exact) mass is 419 g/mol. The number of thiophene rings is 1. The third-order valence-electron chi connectivity index (χ3n) is 4.88. The topological polar surface area (TPSA) is 40.5 Å². The van der Waals surface area contributed by atoms with Crippen LogP contribution in [0, 0.1) is 8.80 Å². The van der Waals surface area contributed by atoms with Crippen molar-refractivity contribution >= 4 is 39.7 Å². The van der Waals surface area contributed by atoms with Gasteiger partial charge in [0.25, 0.3) is 0 Å². The molecule has 2 heterocycles. The van der Waals surface area contributed by atoms with Gasteiger partial charge >= 0.3 is 0 Å². The molecule has 0 unspecified atom stereocenters. The zero-order valence-corrected chi connectivity index (χ0v) is 15.1. The zero-order valence-electron chi connectivity index (χ0n) is 12.1. The lowest BCUT2D eigenvalue weighted by atomic mass is 9.87. The van der Waals surface area contributed by atoms with Crippen LogP contribution in [0.15, 0.2) is 12.1 Å². The van der Waals surface area contributed by atoms with Gasteiger partial charge in [0.2, 0.25) is 0 Å². The fourth-order valence-corrected chi connectivity index (χ4v) is 5.30. The van der Waals surface area contributed by atoms with Gasteiger partial charge < -0.3 is 5.11 Å². The van der Waals surface area contributed by atoms with Crippen LogP contribution < -0.4 is 0 Å². The van der Waals surface area contributed by atoms with E-state index in [4.69, 9.17) is 0 Å². The van der Waals surface area contributed by atoms with Crippen LogP contribution in [0.1, 0.15) is 48.2 Å². The molecular weight excluding hydrogens is 397 g/mol. The summed E-state index contributed by atoms with van der Waals surface area (Å²) in [6.45, 7) is 1.92. The van der Waals surface area contributed by atoms with E-state index in [1.54, 1.807) is 11.3 Å². The van der Waals surface area contributed by atoms with Crippen molar-refractivity contribution in [2.45, 2.75) is 50.7 Å². The van der Waals surface area contributed by atoms with Crippen LogP contribution in [-0.4, -0.2) is 41.0 Å². The van der Waals surface area contributed by atoms with Crippen molar-refractivity contribution in [2.75, 3.05) is 13.1 Å². The second kappa shape index (κ2) is 7.06. The summed E-state index contributed by atoms with van der Waals surface area (Å²) >= 11 is 3.87. The summed E-state index contributed by atoms with van der Waals surface area (Å²) in [5.74, 6) is 0.503. The molecule has 21 heavy (non-hydrogen) atoms. The molecule has 0 spiro atoms. The van der Waals surface area contributed by atoms with Crippen molar-refractivity contribution in [3.8, 4) is 0 Å². The zero-order chi connectivity index (χ0) is 14.8. The first-order valence-corrected chi connectivity index (χ1v) is 9.76. The standard InChI is InChI=1S/C16H22INO2S/c17-15-6-5-14(21-15)16(20)11-7-9-18(10-8-11)12-3-1-2-4-13(12)19/h5-6,11-13,19H,1-4,7-10H2/t12-,13-/m1/s1. The van der Waals surface area contributed by atoms with Gasteiger partial charge in [-0.1, -0.05) is 12.8 Å². The number of piperidine rings is 1. The molecule has 2 aliphatic rings. The number of hydrogen-bond donors (Lipinski definition) is 1. The van der Waals surface area contributed by atoms with Gasteiger partial charge in [-0.15, -0.1) is 11.3 Å². The van der Waals surface area contributed by atoms with Crippen molar-refractivity contribution in [3.63, 3.8) is 0 Å². The van der Waals surface area contributed by atoms with Gasteiger partial charge in [-0.3, -0.25) is 9.69 Å².